The first kappa shape index (κ1) is 15.2. The van der Waals surface area contributed by atoms with Gasteiger partial charge in [-0.2, -0.15) is 0 Å². The molecular formula is C15H21N3O3. The molecule has 1 saturated heterocycles. The molecule has 0 radical (unpaired) electrons. The number of hydrogen-bond acceptors (Lipinski definition) is 5. The number of amides is 1. The number of benzene rings is 1. The Labute approximate surface area is 124 Å². The van der Waals surface area contributed by atoms with Gasteiger partial charge in [-0.3, -0.25) is 4.79 Å². The predicted octanol–water partition coefficient (Wildman–Crippen LogP) is 1.48. The highest BCUT2D eigenvalue weighted by Gasteiger charge is 2.23. The summed E-state index contributed by atoms with van der Waals surface area (Å²) in [7, 11) is 1.79. The highest BCUT2D eigenvalue weighted by atomic mass is 16.5. The zero-order chi connectivity index (χ0) is 15.4. The molecule has 3 N–H and O–H groups in total. The first-order chi connectivity index (χ1) is 10.0. The van der Waals surface area contributed by atoms with E-state index in [1.54, 1.807) is 31.0 Å². The third kappa shape index (κ3) is 3.45. The lowest BCUT2D eigenvalue weighted by Gasteiger charge is -2.31. The Morgan fingerprint density at radius 1 is 1.52 bits per heavy atom. The monoisotopic (exact) mass is 291 g/mol. The summed E-state index contributed by atoms with van der Waals surface area (Å²) in [6.45, 7) is 2.69. The minimum atomic E-state index is -0.422. The van der Waals surface area contributed by atoms with Crippen molar-refractivity contribution in [1.29, 1.82) is 0 Å². The zero-order valence-electron chi connectivity index (χ0n) is 12.4. The van der Waals surface area contributed by atoms with Gasteiger partial charge in [-0.1, -0.05) is 6.07 Å². The molecule has 1 heterocycles. The number of piperidine rings is 1. The maximum Gasteiger partial charge on any atom is 0.340 e. The summed E-state index contributed by atoms with van der Waals surface area (Å²) in [5, 5.41) is 3.31. The van der Waals surface area contributed by atoms with Crippen LogP contribution in [0.1, 0.15) is 30.1 Å². The summed E-state index contributed by atoms with van der Waals surface area (Å²) in [5.74, 6) is -0.268. The SMILES string of the molecule is CCOC(=O)c1cccc(NC2CCC(=O)N(C)C2)c1N. The Morgan fingerprint density at radius 3 is 2.95 bits per heavy atom. The molecule has 0 spiro atoms. The van der Waals surface area contributed by atoms with Crippen molar-refractivity contribution in [2.75, 3.05) is 31.2 Å². The lowest BCUT2D eigenvalue weighted by atomic mass is 10.0. The van der Waals surface area contributed by atoms with Crippen LogP contribution >= 0.6 is 0 Å². The fourth-order valence-electron chi connectivity index (χ4n) is 2.43. The number of carbonyl (C=O) groups is 2. The van der Waals surface area contributed by atoms with Crippen LogP contribution in [0, 0.1) is 0 Å². The maximum atomic E-state index is 11.8. The van der Waals surface area contributed by atoms with Gasteiger partial charge in [-0.05, 0) is 25.5 Å². The number of likely N-dealkylation sites (N-methyl/N-ethyl adjacent to an activating group) is 1. The summed E-state index contributed by atoms with van der Waals surface area (Å²) in [5.41, 5.74) is 7.50. The number of nitrogens with one attached hydrogen (secondary N) is 1. The molecule has 114 valence electrons. The van der Waals surface area contributed by atoms with Gasteiger partial charge in [-0.15, -0.1) is 0 Å². The van der Waals surface area contributed by atoms with Gasteiger partial charge >= 0.3 is 5.97 Å². The van der Waals surface area contributed by atoms with Crippen molar-refractivity contribution in [1.82, 2.24) is 4.90 Å². The van der Waals surface area contributed by atoms with Crippen molar-refractivity contribution in [2.24, 2.45) is 0 Å². The third-order valence-electron chi connectivity index (χ3n) is 3.59. The van der Waals surface area contributed by atoms with Gasteiger partial charge in [0.15, 0.2) is 0 Å². The average molecular weight is 291 g/mol. The van der Waals surface area contributed by atoms with Crippen LogP contribution in [-0.2, 0) is 9.53 Å². The van der Waals surface area contributed by atoms with E-state index in [2.05, 4.69) is 5.32 Å². The Kier molecular flexibility index (Phi) is 4.67. The van der Waals surface area contributed by atoms with E-state index in [-0.39, 0.29) is 11.9 Å². The van der Waals surface area contributed by atoms with E-state index in [1.807, 2.05) is 6.07 Å². The minimum Gasteiger partial charge on any atom is -0.462 e. The molecule has 6 heteroatoms. The van der Waals surface area contributed by atoms with E-state index in [4.69, 9.17) is 10.5 Å². The molecule has 1 fully saturated rings. The number of likely N-dealkylation sites (tertiary alicyclic amines) is 1. The minimum absolute atomic E-state index is 0.132. The summed E-state index contributed by atoms with van der Waals surface area (Å²) < 4.78 is 4.99. The molecular weight excluding hydrogens is 270 g/mol. The molecule has 1 aromatic rings. The molecule has 1 aliphatic heterocycles. The molecule has 2 rings (SSSR count). The molecule has 0 aromatic heterocycles. The van der Waals surface area contributed by atoms with Crippen molar-refractivity contribution < 1.29 is 14.3 Å². The molecule has 0 bridgehead atoms. The fraction of sp³-hybridized carbons (Fsp3) is 0.467. The van der Waals surface area contributed by atoms with Crippen molar-refractivity contribution in [3.05, 3.63) is 23.8 Å². The average Bonchev–Trinajstić information content (AvgIpc) is 2.45. The number of para-hydroxylation sites is 1. The number of anilines is 2. The number of nitrogens with two attached hydrogens (primary N) is 1. The van der Waals surface area contributed by atoms with E-state index in [0.717, 1.165) is 6.42 Å². The summed E-state index contributed by atoms with van der Waals surface area (Å²) in [6.07, 6.45) is 1.28. The summed E-state index contributed by atoms with van der Waals surface area (Å²) in [4.78, 5) is 25.0. The number of esters is 1. The molecule has 1 atom stereocenters. The van der Waals surface area contributed by atoms with Crippen LogP contribution in [0.25, 0.3) is 0 Å². The van der Waals surface area contributed by atoms with Crippen molar-refractivity contribution in [3.8, 4) is 0 Å². The van der Waals surface area contributed by atoms with Gasteiger partial charge in [-0.25, -0.2) is 4.79 Å². The van der Waals surface area contributed by atoms with Crippen LogP contribution in [0.3, 0.4) is 0 Å². The fourth-order valence-corrected chi connectivity index (χ4v) is 2.43. The Hall–Kier alpha value is -2.24. The molecule has 6 nitrogen and oxygen atoms in total. The molecule has 0 aliphatic carbocycles. The van der Waals surface area contributed by atoms with Crippen LogP contribution in [0.2, 0.25) is 0 Å². The van der Waals surface area contributed by atoms with Crippen LogP contribution in [0.4, 0.5) is 11.4 Å². The number of rotatable bonds is 4. The van der Waals surface area contributed by atoms with Crippen LogP contribution in [-0.4, -0.2) is 43.0 Å². The van der Waals surface area contributed by atoms with Gasteiger partial charge in [0, 0.05) is 26.1 Å². The second kappa shape index (κ2) is 6.47. The van der Waals surface area contributed by atoms with Gasteiger partial charge in [0.2, 0.25) is 5.91 Å². The molecule has 0 saturated carbocycles. The van der Waals surface area contributed by atoms with Crippen LogP contribution in [0.15, 0.2) is 18.2 Å². The van der Waals surface area contributed by atoms with Gasteiger partial charge in [0.1, 0.15) is 0 Å². The Bertz CT molecular complexity index is 545. The number of nitrogen functional groups attached to an aromatic ring is 1. The van der Waals surface area contributed by atoms with E-state index in [9.17, 15) is 9.59 Å². The van der Waals surface area contributed by atoms with Crippen molar-refractivity contribution >= 4 is 23.3 Å². The summed E-state index contributed by atoms with van der Waals surface area (Å²) >= 11 is 0. The van der Waals surface area contributed by atoms with E-state index < -0.39 is 5.97 Å². The van der Waals surface area contributed by atoms with E-state index in [1.165, 1.54) is 0 Å². The highest BCUT2D eigenvalue weighted by Crippen LogP contribution is 2.26. The maximum absolute atomic E-state index is 11.8. The number of hydrogen-bond donors (Lipinski definition) is 2. The Morgan fingerprint density at radius 2 is 2.29 bits per heavy atom. The van der Waals surface area contributed by atoms with Gasteiger partial charge in [0.25, 0.3) is 0 Å². The smallest absolute Gasteiger partial charge is 0.340 e. The van der Waals surface area contributed by atoms with Gasteiger partial charge < -0.3 is 20.7 Å². The number of nitrogens with zero attached hydrogens (tertiary/aromatic N) is 1. The molecule has 1 aromatic carbocycles. The summed E-state index contributed by atoms with van der Waals surface area (Å²) in [6, 6.07) is 5.37. The third-order valence-corrected chi connectivity index (χ3v) is 3.59. The molecule has 1 unspecified atom stereocenters. The highest BCUT2D eigenvalue weighted by molar-refractivity contribution is 5.98. The number of ether oxygens (including phenoxy) is 1. The van der Waals surface area contributed by atoms with Crippen molar-refractivity contribution in [3.63, 3.8) is 0 Å². The second-order valence-electron chi connectivity index (χ2n) is 5.14. The molecule has 1 aliphatic rings. The second-order valence-corrected chi connectivity index (χ2v) is 5.14. The Balaban J connectivity index is 2.12. The standard InChI is InChI=1S/C15H21N3O3/c1-3-21-15(20)11-5-4-6-12(14(11)16)17-10-7-8-13(19)18(2)9-10/h4-6,10,17H,3,7-9,16H2,1-2H3. The van der Waals surface area contributed by atoms with E-state index >= 15 is 0 Å². The quantitative estimate of drug-likeness (QED) is 0.648. The van der Waals surface area contributed by atoms with Crippen LogP contribution in [0.5, 0.6) is 0 Å². The van der Waals surface area contributed by atoms with Gasteiger partial charge in [0.05, 0.1) is 23.5 Å². The first-order valence-corrected chi connectivity index (χ1v) is 7.09. The number of carbonyl (C=O) groups excluding carboxylic acids is 2. The predicted molar refractivity (Wildman–Crippen MR) is 81.1 cm³/mol. The normalized spacial score (nSPS) is 18.5. The lowest BCUT2D eigenvalue weighted by molar-refractivity contribution is -0.132. The topological polar surface area (TPSA) is 84.7 Å². The first-order valence-electron chi connectivity index (χ1n) is 7.09. The zero-order valence-corrected chi connectivity index (χ0v) is 12.4. The molecule has 21 heavy (non-hydrogen) atoms. The van der Waals surface area contributed by atoms with Crippen molar-refractivity contribution in [2.45, 2.75) is 25.8 Å². The van der Waals surface area contributed by atoms with Crippen LogP contribution < -0.4 is 11.1 Å². The molecule has 1 amide bonds. The lowest BCUT2D eigenvalue weighted by Crippen LogP contribution is -2.43. The van der Waals surface area contributed by atoms with E-state index in [0.29, 0.717) is 36.5 Å². The largest absolute Gasteiger partial charge is 0.462 e.